The molecule has 0 unspecified atom stereocenters. The third-order valence-corrected chi connectivity index (χ3v) is 5.36. The van der Waals surface area contributed by atoms with Crippen LogP contribution in [0.1, 0.15) is 34.5 Å². The molecule has 0 aliphatic rings. The van der Waals surface area contributed by atoms with E-state index in [4.69, 9.17) is 0 Å². The Morgan fingerprint density at radius 2 is 2.04 bits per heavy atom. The molecule has 2 aromatic heterocycles. The van der Waals surface area contributed by atoms with Crippen LogP contribution in [0.15, 0.2) is 10.4 Å². The molecule has 0 aliphatic heterocycles. The first-order valence-electron chi connectivity index (χ1n) is 7.15. The lowest BCUT2D eigenvalue weighted by Crippen LogP contribution is -2.12. The molecule has 0 aliphatic carbocycles. The number of aromatic nitrogens is 2. The minimum atomic E-state index is -0.0779. The summed E-state index contributed by atoms with van der Waals surface area (Å²) in [5.74, 6) is 0.491. The number of aryl methyl sites for hydroxylation is 2. The van der Waals surface area contributed by atoms with Crippen LogP contribution < -0.4 is 5.32 Å². The fourth-order valence-electron chi connectivity index (χ4n) is 1.98. The van der Waals surface area contributed by atoms with Crippen molar-refractivity contribution in [2.24, 2.45) is 0 Å². The van der Waals surface area contributed by atoms with Gasteiger partial charge < -0.3 is 5.32 Å². The molecule has 0 radical (unpaired) electrons. The summed E-state index contributed by atoms with van der Waals surface area (Å²) in [6, 6.07) is 2.22. The molecule has 1 N–H and O–H groups in total. The van der Waals surface area contributed by atoms with Gasteiger partial charge in [-0.2, -0.15) is 5.26 Å². The molecular formula is C16H18N4OS2. The van der Waals surface area contributed by atoms with E-state index in [-0.39, 0.29) is 5.91 Å². The fraction of sp³-hybridized carbons (Fsp3) is 0.375. The van der Waals surface area contributed by atoms with Crippen LogP contribution in [0.5, 0.6) is 0 Å². The zero-order chi connectivity index (χ0) is 17.0. The molecule has 120 valence electrons. The van der Waals surface area contributed by atoms with Crippen LogP contribution in [0.4, 0.5) is 5.13 Å². The van der Waals surface area contributed by atoms with Gasteiger partial charge in [-0.15, -0.1) is 23.1 Å². The van der Waals surface area contributed by atoms with Crippen molar-refractivity contribution < 1.29 is 4.79 Å². The van der Waals surface area contributed by atoms with Crippen molar-refractivity contribution in [3.8, 4) is 6.07 Å². The predicted molar refractivity (Wildman–Crippen MR) is 94.0 cm³/mol. The molecule has 0 aromatic carbocycles. The summed E-state index contributed by atoms with van der Waals surface area (Å²) in [5, 5.41) is 15.3. The first kappa shape index (κ1) is 17.4. The van der Waals surface area contributed by atoms with Crippen molar-refractivity contribution in [3.05, 3.63) is 33.5 Å². The van der Waals surface area contributed by atoms with Gasteiger partial charge in [0.05, 0.1) is 11.3 Å². The van der Waals surface area contributed by atoms with Gasteiger partial charge in [-0.1, -0.05) is 0 Å². The topological polar surface area (TPSA) is 78.7 Å². The SMILES string of the molecule is Cc1csc(NC(=O)CCSc2nc(C)c(C)c(C)c2C#N)n1. The van der Waals surface area contributed by atoms with Crippen LogP contribution in [0.3, 0.4) is 0 Å². The number of nitriles is 1. The maximum atomic E-state index is 11.9. The summed E-state index contributed by atoms with van der Waals surface area (Å²) in [6.45, 7) is 7.73. The third-order valence-electron chi connectivity index (χ3n) is 3.51. The highest BCUT2D eigenvalue weighted by molar-refractivity contribution is 7.99. The Hall–Kier alpha value is -1.91. The first-order valence-corrected chi connectivity index (χ1v) is 9.01. The van der Waals surface area contributed by atoms with Gasteiger partial charge in [-0.3, -0.25) is 4.79 Å². The van der Waals surface area contributed by atoms with E-state index in [1.807, 2.05) is 33.1 Å². The van der Waals surface area contributed by atoms with E-state index in [0.29, 0.717) is 27.9 Å². The lowest BCUT2D eigenvalue weighted by atomic mass is 10.1. The first-order chi connectivity index (χ1) is 10.9. The second-order valence-corrected chi connectivity index (χ2v) is 7.12. The molecule has 0 saturated carbocycles. The molecule has 0 saturated heterocycles. The van der Waals surface area contributed by atoms with Crippen LogP contribution in [0.2, 0.25) is 0 Å². The molecule has 5 nitrogen and oxygen atoms in total. The smallest absolute Gasteiger partial charge is 0.226 e. The highest BCUT2D eigenvalue weighted by Crippen LogP contribution is 2.27. The third kappa shape index (κ3) is 4.30. The van der Waals surface area contributed by atoms with Crippen molar-refractivity contribution in [1.29, 1.82) is 5.26 Å². The number of hydrogen-bond donors (Lipinski definition) is 1. The van der Waals surface area contributed by atoms with Gasteiger partial charge in [-0.05, 0) is 38.8 Å². The zero-order valence-corrected chi connectivity index (χ0v) is 15.2. The average molecular weight is 346 g/mol. The van der Waals surface area contributed by atoms with Crippen molar-refractivity contribution >= 4 is 34.1 Å². The van der Waals surface area contributed by atoms with Gasteiger partial charge in [0, 0.05) is 23.2 Å². The predicted octanol–water partition coefficient (Wildman–Crippen LogP) is 3.76. The van der Waals surface area contributed by atoms with Crippen molar-refractivity contribution in [1.82, 2.24) is 9.97 Å². The second-order valence-electron chi connectivity index (χ2n) is 5.18. The van der Waals surface area contributed by atoms with Gasteiger partial charge >= 0.3 is 0 Å². The maximum absolute atomic E-state index is 11.9. The molecular weight excluding hydrogens is 328 g/mol. The molecule has 2 rings (SSSR count). The molecule has 2 aromatic rings. The standard InChI is InChI=1S/C16H18N4OS2/c1-9-8-23-16(18-9)20-14(21)5-6-22-15-13(7-17)11(3)10(2)12(4)19-15/h8H,5-6H2,1-4H3,(H,18,20,21). The van der Waals surface area contributed by atoms with E-state index < -0.39 is 0 Å². The van der Waals surface area contributed by atoms with Gasteiger partial charge in [0.25, 0.3) is 0 Å². The van der Waals surface area contributed by atoms with Crippen LogP contribution in [-0.2, 0) is 4.79 Å². The number of amides is 1. The Balaban J connectivity index is 1.96. The molecule has 7 heteroatoms. The molecule has 0 atom stereocenters. The van der Waals surface area contributed by atoms with Crippen LogP contribution >= 0.6 is 23.1 Å². The average Bonchev–Trinajstić information content (AvgIpc) is 2.90. The van der Waals surface area contributed by atoms with Crippen LogP contribution in [0.25, 0.3) is 0 Å². The number of carbonyl (C=O) groups is 1. The summed E-state index contributed by atoms with van der Waals surface area (Å²) in [7, 11) is 0. The summed E-state index contributed by atoms with van der Waals surface area (Å²) >= 11 is 2.86. The normalized spacial score (nSPS) is 10.4. The number of hydrogen-bond acceptors (Lipinski definition) is 6. The number of nitrogens with zero attached hydrogens (tertiary/aromatic N) is 3. The Morgan fingerprint density at radius 1 is 1.30 bits per heavy atom. The van der Waals surface area contributed by atoms with E-state index in [0.717, 1.165) is 22.5 Å². The molecule has 0 bridgehead atoms. The number of thiazole rings is 1. The summed E-state index contributed by atoms with van der Waals surface area (Å²) in [4.78, 5) is 20.6. The lowest BCUT2D eigenvalue weighted by Gasteiger charge is -2.10. The highest BCUT2D eigenvalue weighted by atomic mass is 32.2. The Kier molecular flexibility index (Phi) is 5.74. The monoisotopic (exact) mass is 346 g/mol. The number of nitrogens with one attached hydrogen (secondary N) is 1. The quantitative estimate of drug-likeness (QED) is 0.834. The van der Waals surface area contributed by atoms with E-state index in [1.54, 1.807) is 0 Å². The number of thioether (sulfide) groups is 1. The van der Waals surface area contributed by atoms with Gasteiger partial charge in [0.2, 0.25) is 5.91 Å². The second kappa shape index (κ2) is 7.57. The molecule has 23 heavy (non-hydrogen) atoms. The number of rotatable bonds is 5. The van der Waals surface area contributed by atoms with Gasteiger partial charge in [-0.25, -0.2) is 9.97 Å². The Labute approximate surface area is 144 Å². The zero-order valence-electron chi connectivity index (χ0n) is 13.6. The Bertz CT molecular complexity index is 777. The van der Waals surface area contributed by atoms with E-state index in [9.17, 15) is 10.1 Å². The van der Waals surface area contributed by atoms with Gasteiger partial charge in [0.15, 0.2) is 5.13 Å². The molecule has 1 amide bonds. The maximum Gasteiger partial charge on any atom is 0.226 e. The van der Waals surface area contributed by atoms with Crippen LogP contribution in [-0.4, -0.2) is 21.6 Å². The number of pyridine rings is 1. The largest absolute Gasteiger partial charge is 0.302 e. The van der Waals surface area contributed by atoms with E-state index in [2.05, 4.69) is 21.4 Å². The molecule has 2 heterocycles. The van der Waals surface area contributed by atoms with Crippen molar-refractivity contribution in [3.63, 3.8) is 0 Å². The van der Waals surface area contributed by atoms with Crippen molar-refractivity contribution in [2.45, 2.75) is 39.1 Å². The van der Waals surface area contributed by atoms with Crippen LogP contribution in [0, 0.1) is 39.0 Å². The minimum Gasteiger partial charge on any atom is -0.302 e. The summed E-state index contributed by atoms with van der Waals surface area (Å²) in [5.41, 5.74) is 4.43. The molecule has 0 fully saturated rings. The molecule has 0 spiro atoms. The summed E-state index contributed by atoms with van der Waals surface area (Å²) < 4.78 is 0. The highest BCUT2D eigenvalue weighted by Gasteiger charge is 2.13. The van der Waals surface area contributed by atoms with E-state index >= 15 is 0 Å². The fourth-order valence-corrected chi connectivity index (χ4v) is 3.71. The Morgan fingerprint density at radius 3 is 2.65 bits per heavy atom. The van der Waals surface area contributed by atoms with E-state index in [1.165, 1.54) is 23.1 Å². The number of anilines is 1. The van der Waals surface area contributed by atoms with Crippen molar-refractivity contribution in [2.75, 3.05) is 11.1 Å². The minimum absolute atomic E-state index is 0.0779. The lowest BCUT2D eigenvalue weighted by molar-refractivity contribution is -0.115. The number of carbonyl (C=O) groups excluding carboxylic acids is 1. The summed E-state index contributed by atoms with van der Waals surface area (Å²) in [6.07, 6.45) is 0.349. The van der Waals surface area contributed by atoms with Gasteiger partial charge in [0.1, 0.15) is 11.1 Å².